The number of hydrogen-bond acceptors (Lipinski definition) is 7. The van der Waals surface area contributed by atoms with E-state index in [1.807, 2.05) is 0 Å². The molecule has 1 aliphatic rings. The molecule has 1 aromatic heterocycles. The number of carbonyl (C=O) groups excluding carboxylic acids is 1. The van der Waals surface area contributed by atoms with Gasteiger partial charge in [-0.3, -0.25) is 0 Å². The van der Waals surface area contributed by atoms with Gasteiger partial charge in [-0.1, -0.05) is 5.16 Å². The lowest BCUT2D eigenvalue weighted by molar-refractivity contribution is 0.173. The second kappa shape index (κ2) is 8.61. The fourth-order valence-corrected chi connectivity index (χ4v) is 3.05. The lowest BCUT2D eigenvalue weighted by atomic mass is 9.99. The monoisotopic (exact) mass is 385 g/mol. The average molecular weight is 385 g/mol. The minimum Gasteiger partial charge on any atom is -0.493 e. The zero-order chi connectivity index (χ0) is 20.1. The minimum absolute atomic E-state index is 0.0291. The molecule has 28 heavy (non-hydrogen) atoms. The highest BCUT2D eigenvalue weighted by Crippen LogP contribution is 2.31. The van der Waals surface area contributed by atoms with Gasteiger partial charge in [-0.25, -0.2) is 4.79 Å². The summed E-state index contributed by atoms with van der Waals surface area (Å²) < 4.78 is 15.8. The summed E-state index contributed by atoms with van der Waals surface area (Å²) in [7, 11) is 3.12. The number of carbonyl (C=O) groups is 1. The molecule has 2 amide bonds. The SMILES string of the molecule is COc1ccc(-c2noc([C@H](C)NC(=O)N3CCC(C#N)CC3)n2)cc1OC. The molecule has 0 bridgehead atoms. The van der Waals surface area contributed by atoms with Crippen molar-refractivity contribution in [2.45, 2.75) is 25.8 Å². The molecular formula is C19H23N5O4. The van der Waals surface area contributed by atoms with Gasteiger partial charge in [0.25, 0.3) is 0 Å². The fraction of sp³-hybridized carbons (Fsp3) is 0.474. The number of amides is 2. The first kappa shape index (κ1) is 19.5. The van der Waals surface area contributed by atoms with Crippen LogP contribution in [-0.2, 0) is 0 Å². The van der Waals surface area contributed by atoms with E-state index in [0.717, 1.165) is 0 Å². The van der Waals surface area contributed by atoms with E-state index in [1.54, 1.807) is 44.2 Å². The third-order valence-electron chi connectivity index (χ3n) is 4.76. The van der Waals surface area contributed by atoms with Gasteiger partial charge in [-0.2, -0.15) is 10.2 Å². The van der Waals surface area contributed by atoms with Crippen LogP contribution in [0.4, 0.5) is 4.79 Å². The Balaban J connectivity index is 1.65. The maximum Gasteiger partial charge on any atom is 0.318 e. The van der Waals surface area contributed by atoms with Gasteiger partial charge in [-0.05, 0) is 38.0 Å². The largest absolute Gasteiger partial charge is 0.493 e. The van der Waals surface area contributed by atoms with Crippen molar-refractivity contribution in [3.63, 3.8) is 0 Å². The van der Waals surface area contributed by atoms with Crippen molar-refractivity contribution >= 4 is 6.03 Å². The van der Waals surface area contributed by atoms with Crippen molar-refractivity contribution in [2.24, 2.45) is 5.92 Å². The van der Waals surface area contributed by atoms with Crippen LogP contribution in [-0.4, -0.2) is 48.4 Å². The summed E-state index contributed by atoms with van der Waals surface area (Å²) in [4.78, 5) is 18.5. The number of aromatic nitrogens is 2. The van der Waals surface area contributed by atoms with E-state index in [0.29, 0.717) is 54.7 Å². The van der Waals surface area contributed by atoms with Crippen molar-refractivity contribution in [1.29, 1.82) is 5.26 Å². The molecule has 2 aromatic rings. The first-order valence-electron chi connectivity index (χ1n) is 9.06. The van der Waals surface area contributed by atoms with Crippen LogP contribution in [0.3, 0.4) is 0 Å². The number of methoxy groups -OCH3 is 2. The lowest BCUT2D eigenvalue weighted by Crippen LogP contribution is -2.45. The van der Waals surface area contributed by atoms with Crippen LogP contribution in [0.5, 0.6) is 11.5 Å². The quantitative estimate of drug-likeness (QED) is 0.842. The van der Waals surface area contributed by atoms with Gasteiger partial charge >= 0.3 is 6.03 Å². The van der Waals surface area contributed by atoms with Crippen LogP contribution in [0, 0.1) is 17.2 Å². The van der Waals surface area contributed by atoms with Crippen LogP contribution in [0.15, 0.2) is 22.7 Å². The van der Waals surface area contributed by atoms with E-state index in [2.05, 4.69) is 21.5 Å². The highest BCUT2D eigenvalue weighted by Gasteiger charge is 2.25. The summed E-state index contributed by atoms with van der Waals surface area (Å²) in [6.45, 7) is 2.92. The molecule has 3 rings (SSSR count). The van der Waals surface area contributed by atoms with Crippen LogP contribution in [0.2, 0.25) is 0 Å². The minimum atomic E-state index is -0.442. The maximum absolute atomic E-state index is 12.4. The standard InChI is InChI=1S/C19H23N5O4/c1-12(21-19(25)24-8-6-13(11-20)7-9-24)18-22-17(23-28-18)14-4-5-15(26-2)16(10-14)27-3/h4-5,10,12-13H,6-9H2,1-3H3,(H,21,25)/t12-/m0/s1. The molecule has 1 saturated heterocycles. The second-order valence-electron chi connectivity index (χ2n) is 6.59. The van der Waals surface area contributed by atoms with E-state index in [-0.39, 0.29) is 11.9 Å². The van der Waals surface area contributed by atoms with E-state index in [4.69, 9.17) is 19.3 Å². The summed E-state index contributed by atoms with van der Waals surface area (Å²) in [5.74, 6) is 1.91. The molecule has 1 fully saturated rings. The summed E-state index contributed by atoms with van der Waals surface area (Å²) in [5.41, 5.74) is 0.713. The van der Waals surface area contributed by atoms with Gasteiger partial charge in [0.05, 0.1) is 20.3 Å². The zero-order valence-electron chi connectivity index (χ0n) is 16.1. The van der Waals surface area contributed by atoms with Crippen molar-refractivity contribution in [3.8, 4) is 29.0 Å². The summed E-state index contributed by atoms with van der Waals surface area (Å²) in [6.07, 6.45) is 1.39. The Bertz CT molecular complexity index is 867. The summed E-state index contributed by atoms with van der Waals surface area (Å²) in [5, 5.41) is 15.8. The number of nitriles is 1. The molecule has 0 radical (unpaired) electrons. The number of likely N-dealkylation sites (tertiary alicyclic amines) is 1. The van der Waals surface area contributed by atoms with Crippen LogP contribution in [0.25, 0.3) is 11.4 Å². The molecule has 0 aliphatic carbocycles. The maximum atomic E-state index is 12.4. The van der Waals surface area contributed by atoms with Gasteiger partial charge < -0.3 is 24.2 Å². The molecule has 9 heteroatoms. The second-order valence-corrected chi connectivity index (χ2v) is 6.59. The lowest BCUT2D eigenvalue weighted by Gasteiger charge is -2.29. The van der Waals surface area contributed by atoms with Gasteiger partial charge in [0.2, 0.25) is 11.7 Å². The van der Waals surface area contributed by atoms with Crippen molar-refractivity contribution in [3.05, 3.63) is 24.1 Å². The third-order valence-corrected chi connectivity index (χ3v) is 4.76. The van der Waals surface area contributed by atoms with E-state index in [9.17, 15) is 4.79 Å². The molecule has 148 valence electrons. The van der Waals surface area contributed by atoms with Gasteiger partial charge in [0, 0.05) is 24.6 Å². The molecule has 2 heterocycles. The molecule has 0 spiro atoms. The van der Waals surface area contributed by atoms with E-state index < -0.39 is 6.04 Å². The van der Waals surface area contributed by atoms with Crippen molar-refractivity contribution in [2.75, 3.05) is 27.3 Å². The Morgan fingerprint density at radius 3 is 2.68 bits per heavy atom. The Labute approximate surface area is 163 Å². The molecule has 0 unspecified atom stereocenters. The molecule has 1 aromatic carbocycles. The predicted octanol–water partition coefficient (Wildman–Crippen LogP) is 2.76. The highest BCUT2D eigenvalue weighted by atomic mass is 16.5. The molecule has 0 saturated carbocycles. The number of rotatable bonds is 5. The zero-order valence-corrected chi connectivity index (χ0v) is 16.1. The summed E-state index contributed by atoms with van der Waals surface area (Å²) in [6, 6.07) is 6.94. The highest BCUT2D eigenvalue weighted by molar-refractivity contribution is 5.74. The molecular weight excluding hydrogens is 362 g/mol. The van der Waals surface area contributed by atoms with Gasteiger partial charge in [-0.15, -0.1) is 0 Å². The van der Waals surface area contributed by atoms with Gasteiger partial charge in [0.1, 0.15) is 6.04 Å². The Hall–Kier alpha value is -3.28. The smallest absolute Gasteiger partial charge is 0.318 e. The Morgan fingerprint density at radius 2 is 2.04 bits per heavy atom. The molecule has 1 N–H and O–H groups in total. The van der Waals surface area contributed by atoms with E-state index >= 15 is 0 Å². The first-order chi connectivity index (χ1) is 13.5. The van der Waals surface area contributed by atoms with Gasteiger partial charge in [0.15, 0.2) is 11.5 Å². The average Bonchev–Trinajstić information content (AvgIpc) is 3.23. The number of hydrogen-bond donors (Lipinski definition) is 1. The first-order valence-corrected chi connectivity index (χ1v) is 9.06. The molecule has 9 nitrogen and oxygen atoms in total. The fourth-order valence-electron chi connectivity index (χ4n) is 3.05. The third kappa shape index (κ3) is 4.17. The van der Waals surface area contributed by atoms with E-state index in [1.165, 1.54) is 0 Å². The number of ether oxygens (including phenoxy) is 2. The number of urea groups is 1. The number of piperidine rings is 1. The van der Waals surface area contributed by atoms with Crippen LogP contribution < -0.4 is 14.8 Å². The number of benzene rings is 1. The topological polar surface area (TPSA) is 114 Å². The number of nitrogens with one attached hydrogen (secondary N) is 1. The predicted molar refractivity (Wildman–Crippen MR) is 99.7 cm³/mol. The normalized spacial score (nSPS) is 15.6. The van der Waals surface area contributed by atoms with Crippen LogP contribution in [0.1, 0.15) is 31.7 Å². The molecule has 1 aliphatic heterocycles. The Morgan fingerprint density at radius 1 is 1.32 bits per heavy atom. The van der Waals surface area contributed by atoms with Crippen molar-refractivity contribution < 1.29 is 18.8 Å². The van der Waals surface area contributed by atoms with Crippen LogP contribution >= 0.6 is 0 Å². The Kier molecular flexibility index (Phi) is 5.99. The molecule has 1 atom stereocenters. The number of nitrogens with zero attached hydrogens (tertiary/aromatic N) is 4. The van der Waals surface area contributed by atoms with Crippen molar-refractivity contribution in [1.82, 2.24) is 20.4 Å². The summed E-state index contributed by atoms with van der Waals surface area (Å²) >= 11 is 0.